The monoisotopic (exact) mass is 672 g/mol. The zero-order chi connectivity index (χ0) is 34.8. The molecule has 3 aromatic heterocycles. The molecule has 0 N–H and O–H groups in total. The lowest BCUT2D eigenvalue weighted by Crippen LogP contribution is -2.25. The number of rotatable bonds is 5. The molecule has 0 spiro atoms. The Morgan fingerprint density at radius 3 is 2.25 bits per heavy atom. The number of fused-ring (bicyclic) bond motifs is 7. The van der Waals surface area contributed by atoms with Gasteiger partial charge in [-0.05, 0) is 52.3 Å². The summed E-state index contributed by atoms with van der Waals surface area (Å²) in [5, 5.41) is 2.38. The van der Waals surface area contributed by atoms with E-state index in [1.54, 1.807) is 6.20 Å². The van der Waals surface area contributed by atoms with E-state index in [1.807, 2.05) is 30.5 Å². The molecule has 250 valence electrons. The Kier molecular flexibility index (Phi) is 7.04. The largest absolute Gasteiger partial charge is 0.456 e. The van der Waals surface area contributed by atoms with Crippen LogP contribution in [0.25, 0.3) is 55.8 Å². The molecule has 3 aliphatic rings. The van der Waals surface area contributed by atoms with Crippen LogP contribution in [0.4, 0.5) is 0 Å². The van der Waals surface area contributed by atoms with Crippen molar-refractivity contribution in [3.05, 3.63) is 180 Å². The van der Waals surface area contributed by atoms with Crippen molar-refractivity contribution in [3.8, 4) is 33.9 Å². The molecule has 0 fully saturated rings. The summed E-state index contributed by atoms with van der Waals surface area (Å²) in [6.45, 7) is 4.77. The van der Waals surface area contributed by atoms with E-state index in [9.17, 15) is 0 Å². The highest BCUT2D eigenvalue weighted by molar-refractivity contribution is 6.06. The Hall–Kier alpha value is -6.20. The Balaban J connectivity index is 0.979. The highest BCUT2D eigenvalue weighted by atomic mass is 16.3. The zero-order valence-electron chi connectivity index (χ0n) is 29.1. The van der Waals surface area contributed by atoms with Crippen molar-refractivity contribution in [2.45, 2.75) is 37.5 Å². The fourth-order valence-corrected chi connectivity index (χ4v) is 8.58. The molecule has 3 aliphatic carbocycles. The van der Waals surface area contributed by atoms with Crippen LogP contribution in [0.15, 0.2) is 168 Å². The third-order valence-corrected chi connectivity index (χ3v) is 11.3. The standard InChI is InChI=1S/C47H36N4O/c1-47(2)40-27-33(21-22-36(40)38-23-24-39-37-15-6-7-16-41(37)52-43(39)42(38)47)32-12-8-13-34(26-32)46-50-44(30-10-4-3-5-11-30)49-45(51-46)31-19-17-29(18-20-31)35-14-9-25-48-28-35/h3-25,27-28,34,36,40H,26H2,1-2H3. The van der Waals surface area contributed by atoms with Crippen LogP contribution >= 0.6 is 0 Å². The Morgan fingerprint density at radius 1 is 0.692 bits per heavy atom. The minimum atomic E-state index is -0.103. The van der Waals surface area contributed by atoms with Gasteiger partial charge in [-0.2, -0.15) is 0 Å². The van der Waals surface area contributed by atoms with Crippen LogP contribution in [-0.2, 0) is 5.41 Å². The van der Waals surface area contributed by atoms with Gasteiger partial charge in [0.25, 0.3) is 0 Å². The van der Waals surface area contributed by atoms with E-state index in [4.69, 9.17) is 19.4 Å². The van der Waals surface area contributed by atoms with E-state index in [1.165, 1.54) is 33.0 Å². The van der Waals surface area contributed by atoms with Gasteiger partial charge in [-0.15, -0.1) is 0 Å². The van der Waals surface area contributed by atoms with Crippen molar-refractivity contribution >= 4 is 21.9 Å². The first-order valence-electron chi connectivity index (χ1n) is 18.1. The maximum Gasteiger partial charge on any atom is 0.163 e. The highest BCUT2D eigenvalue weighted by Gasteiger charge is 2.47. The lowest BCUT2D eigenvalue weighted by atomic mass is 9.72. The summed E-state index contributed by atoms with van der Waals surface area (Å²) in [4.78, 5) is 19.5. The molecule has 0 aliphatic heterocycles. The van der Waals surface area contributed by atoms with E-state index in [0.29, 0.717) is 23.5 Å². The summed E-state index contributed by atoms with van der Waals surface area (Å²) < 4.78 is 6.57. The predicted octanol–water partition coefficient (Wildman–Crippen LogP) is 11.3. The average Bonchev–Trinajstić information content (AvgIpc) is 3.70. The number of para-hydroxylation sites is 1. The molecule has 0 radical (unpaired) electrons. The summed E-state index contributed by atoms with van der Waals surface area (Å²) in [6.07, 6.45) is 18.4. The van der Waals surface area contributed by atoms with E-state index in [-0.39, 0.29) is 11.3 Å². The maximum absolute atomic E-state index is 6.57. The van der Waals surface area contributed by atoms with Gasteiger partial charge in [-0.25, -0.2) is 15.0 Å². The number of furan rings is 1. The van der Waals surface area contributed by atoms with E-state index >= 15 is 0 Å². The summed E-state index contributed by atoms with van der Waals surface area (Å²) in [5.41, 5.74) is 11.3. The summed E-state index contributed by atoms with van der Waals surface area (Å²) in [5.74, 6) is 2.77. The fraction of sp³-hybridized carbons (Fsp3) is 0.149. The Labute approximate surface area is 302 Å². The number of aromatic nitrogens is 4. The molecule has 5 heteroatoms. The number of hydrogen-bond acceptors (Lipinski definition) is 5. The molecule has 0 saturated heterocycles. The number of hydrogen-bond donors (Lipinski definition) is 0. The fourth-order valence-electron chi connectivity index (χ4n) is 8.58. The molecule has 3 unspecified atom stereocenters. The van der Waals surface area contributed by atoms with Crippen molar-refractivity contribution in [1.29, 1.82) is 0 Å². The molecule has 10 rings (SSSR count). The van der Waals surface area contributed by atoms with Crippen LogP contribution in [-0.4, -0.2) is 19.9 Å². The average molecular weight is 673 g/mol. The van der Waals surface area contributed by atoms with Gasteiger partial charge in [0, 0.05) is 57.1 Å². The zero-order valence-corrected chi connectivity index (χ0v) is 29.1. The second kappa shape index (κ2) is 12.0. The first-order valence-corrected chi connectivity index (χ1v) is 18.1. The summed E-state index contributed by atoms with van der Waals surface area (Å²) in [6, 6.07) is 35.6. The van der Waals surface area contributed by atoms with Crippen LogP contribution in [0, 0.1) is 5.92 Å². The Morgan fingerprint density at radius 2 is 1.44 bits per heavy atom. The maximum atomic E-state index is 6.57. The topological polar surface area (TPSA) is 64.7 Å². The molecular weight excluding hydrogens is 637 g/mol. The normalized spacial score (nSPS) is 20.1. The molecule has 5 nitrogen and oxygen atoms in total. The second-order valence-electron chi connectivity index (χ2n) is 14.7. The SMILES string of the molecule is CC1(C)c2c(ccc3c2oc2ccccc23)C2C=CC(C3=CC=CC(c4nc(-c5ccccc5)nc(-c5ccc(-c6cccnc6)cc5)n4)C3)=CC21. The molecule has 0 saturated carbocycles. The van der Waals surface area contributed by atoms with E-state index in [2.05, 4.69) is 134 Å². The third-order valence-electron chi connectivity index (χ3n) is 11.3. The first kappa shape index (κ1) is 30.6. The molecule has 0 amide bonds. The van der Waals surface area contributed by atoms with Gasteiger partial charge in [0.05, 0.1) is 0 Å². The summed E-state index contributed by atoms with van der Waals surface area (Å²) >= 11 is 0. The van der Waals surface area contributed by atoms with Crippen LogP contribution in [0.5, 0.6) is 0 Å². The van der Waals surface area contributed by atoms with Crippen LogP contribution < -0.4 is 0 Å². The van der Waals surface area contributed by atoms with Crippen molar-refractivity contribution in [3.63, 3.8) is 0 Å². The summed E-state index contributed by atoms with van der Waals surface area (Å²) in [7, 11) is 0. The number of benzene rings is 4. The predicted molar refractivity (Wildman–Crippen MR) is 209 cm³/mol. The first-order chi connectivity index (χ1) is 25.5. The lowest BCUT2D eigenvalue weighted by molar-refractivity contribution is 0.392. The molecular formula is C47H36N4O. The molecule has 3 atom stereocenters. The second-order valence-corrected chi connectivity index (χ2v) is 14.7. The van der Waals surface area contributed by atoms with Crippen LogP contribution in [0.2, 0.25) is 0 Å². The molecule has 4 aromatic carbocycles. The minimum Gasteiger partial charge on any atom is -0.456 e. The van der Waals surface area contributed by atoms with Crippen LogP contribution in [0.3, 0.4) is 0 Å². The third kappa shape index (κ3) is 4.99. The van der Waals surface area contributed by atoms with Gasteiger partial charge in [0.2, 0.25) is 0 Å². The minimum absolute atomic E-state index is 0.00913. The van der Waals surface area contributed by atoms with Crippen molar-refractivity contribution in [2.75, 3.05) is 0 Å². The number of allylic oxidation sites excluding steroid dienone is 8. The smallest absolute Gasteiger partial charge is 0.163 e. The van der Waals surface area contributed by atoms with Gasteiger partial charge in [0.15, 0.2) is 11.6 Å². The van der Waals surface area contributed by atoms with Gasteiger partial charge in [-0.1, -0.05) is 141 Å². The van der Waals surface area contributed by atoms with Gasteiger partial charge < -0.3 is 4.42 Å². The molecule has 0 bridgehead atoms. The van der Waals surface area contributed by atoms with Gasteiger partial charge in [-0.3, -0.25) is 4.98 Å². The van der Waals surface area contributed by atoms with Crippen molar-refractivity contribution in [2.24, 2.45) is 5.92 Å². The van der Waals surface area contributed by atoms with Crippen molar-refractivity contribution < 1.29 is 4.42 Å². The van der Waals surface area contributed by atoms with Gasteiger partial charge in [0.1, 0.15) is 17.0 Å². The number of pyridine rings is 1. The van der Waals surface area contributed by atoms with Gasteiger partial charge >= 0.3 is 0 Å². The lowest BCUT2D eigenvalue weighted by Gasteiger charge is -2.31. The van der Waals surface area contributed by atoms with E-state index in [0.717, 1.165) is 45.7 Å². The quantitative estimate of drug-likeness (QED) is 0.182. The molecule has 52 heavy (non-hydrogen) atoms. The molecule has 3 heterocycles. The number of nitrogens with zero attached hydrogens (tertiary/aromatic N) is 4. The van der Waals surface area contributed by atoms with Crippen molar-refractivity contribution in [1.82, 2.24) is 19.9 Å². The highest BCUT2D eigenvalue weighted by Crippen LogP contribution is 2.57. The van der Waals surface area contributed by atoms with E-state index < -0.39 is 0 Å². The molecule has 7 aromatic rings. The Bertz CT molecular complexity index is 2630. The van der Waals surface area contributed by atoms with Crippen LogP contribution in [0.1, 0.15) is 49.1 Å².